The maximum atomic E-state index is 13.0. The second kappa shape index (κ2) is 5.97. The van der Waals surface area contributed by atoms with Crippen LogP contribution in [0.3, 0.4) is 0 Å². The van der Waals surface area contributed by atoms with Gasteiger partial charge in [0.15, 0.2) is 11.5 Å². The highest BCUT2D eigenvalue weighted by Crippen LogP contribution is 2.40. The molecule has 0 aliphatic carbocycles. The minimum Gasteiger partial charge on any atom is -0.505 e. The Balaban J connectivity index is 1.68. The molecule has 0 unspecified atom stereocenters. The first-order chi connectivity index (χ1) is 12.1. The Kier molecular flexibility index (Phi) is 3.77. The lowest BCUT2D eigenvalue weighted by Gasteiger charge is -2.41. The first-order valence-corrected chi connectivity index (χ1v) is 8.47. The van der Waals surface area contributed by atoms with E-state index in [1.807, 2.05) is 47.4 Å². The number of aliphatic hydroxyl groups excluding tert-OH is 1. The van der Waals surface area contributed by atoms with Crippen LogP contribution in [0.4, 0.5) is 5.69 Å². The van der Waals surface area contributed by atoms with Gasteiger partial charge in [-0.05, 0) is 23.8 Å². The Morgan fingerprint density at radius 3 is 2.72 bits per heavy atom. The van der Waals surface area contributed by atoms with Crippen molar-refractivity contribution < 1.29 is 9.90 Å². The number of carbonyl (C=O) groups excluding carboxylic acids is 1. The number of anilines is 1. The average Bonchev–Trinajstić information content (AvgIpc) is 2.61. The van der Waals surface area contributed by atoms with Crippen LogP contribution < -0.4 is 4.90 Å². The van der Waals surface area contributed by atoms with E-state index in [0.717, 1.165) is 16.8 Å². The fourth-order valence-electron chi connectivity index (χ4n) is 3.41. The summed E-state index contributed by atoms with van der Waals surface area (Å²) in [5, 5.41) is 11.2. The van der Waals surface area contributed by atoms with E-state index < -0.39 is 0 Å². The summed E-state index contributed by atoms with van der Waals surface area (Å²) in [4.78, 5) is 16.6. The van der Waals surface area contributed by atoms with Gasteiger partial charge in [-0.25, -0.2) is 0 Å². The van der Waals surface area contributed by atoms with Gasteiger partial charge in [-0.2, -0.15) is 0 Å². The highest BCUT2D eigenvalue weighted by Gasteiger charge is 2.37. The smallest absolute Gasteiger partial charge is 0.274 e. The molecule has 4 rings (SSSR count). The van der Waals surface area contributed by atoms with E-state index in [1.165, 1.54) is 0 Å². The fraction of sp³-hybridized carbons (Fsp3) is 0.150. The summed E-state index contributed by atoms with van der Waals surface area (Å²) in [5.41, 5.74) is 3.53. The van der Waals surface area contributed by atoms with Crippen molar-refractivity contribution in [3.8, 4) is 0 Å². The number of fused-ring (bicyclic) bond motifs is 3. The van der Waals surface area contributed by atoms with Crippen molar-refractivity contribution in [2.75, 3.05) is 18.0 Å². The number of nitrogens with zero attached hydrogens (tertiary/aromatic N) is 2. The normalized spacial score (nSPS) is 16.8. The van der Waals surface area contributed by atoms with Gasteiger partial charge in [-0.3, -0.25) is 4.79 Å². The number of amides is 1. The summed E-state index contributed by atoms with van der Waals surface area (Å²) in [6, 6.07) is 15.2. The first kappa shape index (κ1) is 15.8. The number of rotatable bonds is 2. The Bertz CT molecular complexity index is 919. The molecule has 0 atom stereocenters. The van der Waals surface area contributed by atoms with E-state index in [1.54, 1.807) is 11.0 Å². The van der Waals surface area contributed by atoms with Crippen LogP contribution in [0.2, 0.25) is 5.02 Å². The third kappa shape index (κ3) is 2.59. The lowest BCUT2D eigenvalue weighted by molar-refractivity contribution is -0.129. The van der Waals surface area contributed by atoms with Crippen LogP contribution in [0.25, 0.3) is 5.57 Å². The number of piperazine rings is 1. The van der Waals surface area contributed by atoms with Gasteiger partial charge in [0.2, 0.25) is 0 Å². The van der Waals surface area contributed by atoms with Crippen molar-refractivity contribution in [2.24, 2.45) is 0 Å². The van der Waals surface area contributed by atoms with Crippen molar-refractivity contribution in [2.45, 2.75) is 6.54 Å². The monoisotopic (exact) mass is 352 g/mol. The van der Waals surface area contributed by atoms with Gasteiger partial charge in [0, 0.05) is 41.5 Å². The Hall–Kier alpha value is -2.72. The van der Waals surface area contributed by atoms with Gasteiger partial charge < -0.3 is 14.9 Å². The molecule has 0 radical (unpaired) electrons. The number of hydrogen-bond acceptors (Lipinski definition) is 3. The molecule has 4 nitrogen and oxygen atoms in total. The molecule has 2 aliphatic rings. The molecule has 25 heavy (non-hydrogen) atoms. The van der Waals surface area contributed by atoms with Crippen molar-refractivity contribution in [3.05, 3.63) is 82.7 Å². The quantitative estimate of drug-likeness (QED) is 0.888. The predicted molar refractivity (Wildman–Crippen MR) is 99.3 cm³/mol. The van der Waals surface area contributed by atoms with E-state index in [-0.39, 0.29) is 11.7 Å². The second-order valence-corrected chi connectivity index (χ2v) is 6.64. The largest absolute Gasteiger partial charge is 0.505 e. The Labute approximate surface area is 151 Å². The number of allylic oxidation sites excluding steroid dienone is 1. The molecule has 1 N–H and O–H groups in total. The van der Waals surface area contributed by atoms with Crippen molar-refractivity contribution >= 4 is 28.8 Å². The lowest BCUT2D eigenvalue weighted by atomic mass is 9.95. The maximum absolute atomic E-state index is 13.0. The highest BCUT2D eigenvalue weighted by atomic mass is 35.5. The van der Waals surface area contributed by atoms with Gasteiger partial charge in [-0.1, -0.05) is 48.5 Å². The van der Waals surface area contributed by atoms with Gasteiger partial charge in [-0.15, -0.1) is 0 Å². The Morgan fingerprint density at radius 1 is 1.12 bits per heavy atom. The fourth-order valence-corrected chi connectivity index (χ4v) is 3.62. The van der Waals surface area contributed by atoms with Crippen LogP contribution in [0, 0.1) is 0 Å². The van der Waals surface area contributed by atoms with Crippen LogP contribution in [-0.4, -0.2) is 29.0 Å². The number of para-hydroxylation sites is 1. The SMILES string of the molecule is C=C1C(O)=C2C(=O)N(Cc3cccc(Cl)c3)CCN2c2ccccc21. The zero-order valence-corrected chi connectivity index (χ0v) is 14.3. The maximum Gasteiger partial charge on any atom is 0.274 e. The van der Waals surface area contributed by atoms with Gasteiger partial charge in [0.25, 0.3) is 5.91 Å². The molecule has 0 spiro atoms. The van der Waals surface area contributed by atoms with Crippen molar-refractivity contribution in [3.63, 3.8) is 0 Å². The summed E-state index contributed by atoms with van der Waals surface area (Å²) in [6.45, 7) is 5.61. The molecule has 2 heterocycles. The van der Waals surface area contributed by atoms with Gasteiger partial charge >= 0.3 is 0 Å². The molecular formula is C20H17ClN2O2. The third-order valence-electron chi connectivity index (χ3n) is 4.65. The van der Waals surface area contributed by atoms with Gasteiger partial charge in [0.1, 0.15) is 0 Å². The van der Waals surface area contributed by atoms with E-state index in [0.29, 0.717) is 35.9 Å². The molecule has 1 amide bonds. The summed E-state index contributed by atoms with van der Waals surface area (Å²) in [7, 11) is 0. The van der Waals surface area contributed by atoms with Gasteiger partial charge in [0.05, 0.1) is 0 Å². The third-order valence-corrected chi connectivity index (χ3v) is 4.88. The molecular weight excluding hydrogens is 336 g/mol. The first-order valence-electron chi connectivity index (χ1n) is 8.09. The van der Waals surface area contributed by atoms with Crippen LogP contribution in [0.15, 0.2) is 66.6 Å². The molecule has 2 aromatic rings. The minimum atomic E-state index is -0.195. The molecule has 2 aliphatic heterocycles. The minimum absolute atomic E-state index is 0.0421. The standard InChI is InChI=1S/C20H17ClN2O2/c1-13-16-7-2-3-8-17(16)23-10-9-22(20(25)18(23)19(13)24)12-14-5-4-6-15(21)11-14/h2-8,11,24H,1,9-10,12H2. The summed E-state index contributed by atoms with van der Waals surface area (Å²) >= 11 is 6.04. The van der Waals surface area contributed by atoms with Crippen molar-refractivity contribution in [1.29, 1.82) is 0 Å². The summed E-state index contributed by atoms with van der Waals surface area (Å²) in [5.74, 6) is -0.237. The van der Waals surface area contributed by atoms with E-state index in [4.69, 9.17) is 11.6 Å². The molecule has 5 heteroatoms. The van der Waals surface area contributed by atoms with Crippen LogP contribution in [0.5, 0.6) is 0 Å². The van der Waals surface area contributed by atoms with E-state index >= 15 is 0 Å². The molecule has 2 aromatic carbocycles. The molecule has 0 aromatic heterocycles. The van der Waals surface area contributed by atoms with Crippen molar-refractivity contribution in [1.82, 2.24) is 4.90 Å². The van der Waals surface area contributed by atoms with Crippen LogP contribution in [0.1, 0.15) is 11.1 Å². The second-order valence-electron chi connectivity index (χ2n) is 6.20. The molecule has 0 saturated carbocycles. The average molecular weight is 353 g/mol. The van der Waals surface area contributed by atoms with Crippen LogP contribution in [-0.2, 0) is 11.3 Å². The number of benzene rings is 2. The lowest BCUT2D eigenvalue weighted by Crippen LogP contribution is -2.50. The zero-order chi connectivity index (χ0) is 17.6. The number of aliphatic hydroxyl groups is 1. The topological polar surface area (TPSA) is 43.8 Å². The summed E-state index contributed by atoms with van der Waals surface area (Å²) in [6.07, 6.45) is 0. The molecule has 126 valence electrons. The van der Waals surface area contributed by atoms with E-state index in [9.17, 15) is 9.90 Å². The van der Waals surface area contributed by atoms with E-state index in [2.05, 4.69) is 6.58 Å². The molecule has 1 fully saturated rings. The highest BCUT2D eigenvalue weighted by molar-refractivity contribution is 6.30. The molecule has 1 saturated heterocycles. The molecule has 0 bridgehead atoms. The summed E-state index contributed by atoms with van der Waals surface area (Å²) < 4.78 is 0. The predicted octanol–water partition coefficient (Wildman–Crippen LogP) is 3.99. The van der Waals surface area contributed by atoms with Crippen LogP contribution >= 0.6 is 11.6 Å². The number of hydrogen-bond donors (Lipinski definition) is 1. The number of halogens is 1. The zero-order valence-electron chi connectivity index (χ0n) is 13.6. The number of carbonyl (C=O) groups is 1. The Morgan fingerprint density at radius 2 is 1.92 bits per heavy atom.